The highest BCUT2D eigenvalue weighted by Gasteiger charge is 1.95. The summed E-state index contributed by atoms with van der Waals surface area (Å²) >= 11 is 1.72. The van der Waals surface area contributed by atoms with Crippen molar-refractivity contribution in [2.45, 2.75) is 0 Å². The first-order valence-electron chi connectivity index (χ1n) is 4.50. The summed E-state index contributed by atoms with van der Waals surface area (Å²) < 4.78 is 5.53. The normalized spacial score (nSPS) is 10.0. The van der Waals surface area contributed by atoms with Gasteiger partial charge in [0.1, 0.15) is 5.75 Å². The zero-order valence-electron chi connectivity index (χ0n) is 7.72. The summed E-state index contributed by atoms with van der Waals surface area (Å²) in [5.41, 5.74) is 0. The van der Waals surface area contributed by atoms with Gasteiger partial charge in [-0.2, -0.15) is 0 Å². The van der Waals surface area contributed by atoms with Crippen molar-refractivity contribution < 1.29 is 4.74 Å². The molecule has 2 heteroatoms. The third-order valence-electron chi connectivity index (χ3n) is 1.82. The number of thiophene rings is 1. The summed E-state index contributed by atoms with van der Waals surface area (Å²) in [6.07, 6.45) is 2.08. The number of hydrogen-bond acceptors (Lipinski definition) is 2. The lowest BCUT2D eigenvalue weighted by Gasteiger charge is -2.03. The second-order valence-corrected chi connectivity index (χ2v) is 3.82. The van der Waals surface area contributed by atoms with E-state index in [1.165, 1.54) is 4.88 Å². The molecule has 0 aliphatic carbocycles. The number of hydrogen-bond donors (Lipinski definition) is 0. The molecule has 0 amide bonds. The Morgan fingerprint density at radius 1 is 1.07 bits per heavy atom. The first-order valence-corrected chi connectivity index (χ1v) is 5.38. The van der Waals surface area contributed by atoms with Gasteiger partial charge < -0.3 is 4.74 Å². The van der Waals surface area contributed by atoms with E-state index in [1.54, 1.807) is 11.3 Å². The fourth-order valence-electron chi connectivity index (χ4n) is 1.14. The van der Waals surface area contributed by atoms with Crippen LogP contribution in [0.3, 0.4) is 0 Å². The molecule has 2 rings (SSSR count). The van der Waals surface area contributed by atoms with Crippen LogP contribution in [0.4, 0.5) is 0 Å². The lowest BCUT2D eigenvalue weighted by atomic mass is 10.3. The van der Waals surface area contributed by atoms with E-state index in [1.807, 2.05) is 36.4 Å². The Bertz CT molecular complexity index is 353. The molecule has 0 N–H and O–H groups in total. The van der Waals surface area contributed by atoms with Gasteiger partial charge in [0, 0.05) is 11.3 Å². The molecule has 1 aromatic carbocycles. The molecule has 0 unspecified atom stereocenters. The summed E-state index contributed by atoms with van der Waals surface area (Å²) in [5, 5.41) is 2.06. The van der Waals surface area contributed by atoms with Crippen molar-refractivity contribution >= 4 is 11.3 Å². The molecule has 0 fully saturated rings. The Kier molecular flexibility index (Phi) is 3.19. The van der Waals surface area contributed by atoms with Crippen molar-refractivity contribution in [3.05, 3.63) is 59.1 Å². The maximum Gasteiger partial charge on any atom is 0.119 e. The van der Waals surface area contributed by atoms with Crippen molar-refractivity contribution in [3.63, 3.8) is 0 Å². The van der Waals surface area contributed by atoms with Crippen LogP contribution in [0.1, 0.15) is 4.88 Å². The summed E-state index contributed by atoms with van der Waals surface area (Å²) in [7, 11) is 0. The maximum atomic E-state index is 5.53. The van der Waals surface area contributed by atoms with E-state index in [0.29, 0.717) is 6.61 Å². The monoisotopic (exact) mass is 203 g/mol. The molecule has 0 spiro atoms. The zero-order valence-corrected chi connectivity index (χ0v) is 8.54. The minimum absolute atomic E-state index is 0.629. The lowest BCUT2D eigenvalue weighted by molar-refractivity contribution is 0.352. The van der Waals surface area contributed by atoms with Crippen LogP contribution in [-0.4, -0.2) is 6.61 Å². The molecule has 1 radical (unpaired) electrons. The van der Waals surface area contributed by atoms with E-state index in [4.69, 9.17) is 4.74 Å². The van der Waals surface area contributed by atoms with Gasteiger partial charge in [-0.05, 0) is 23.6 Å². The average molecular weight is 203 g/mol. The van der Waals surface area contributed by atoms with E-state index >= 15 is 0 Å². The minimum atomic E-state index is 0.629. The predicted octanol–water partition coefficient (Wildman–Crippen LogP) is 3.38. The highest BCUT2D eigenvalue weighted by molar-refractivity contribution is 7.10. The maximum absolute atomic E-state index is 5.53. The molecular weight excluding hydrogens is 192 g/mol. The SMILES string of the molecule is [CH](COc1ccccc1)c1cccs1. The van der Waals surface area contributed by atoms with Gasteiger partial charge >= 0.3 is 0 Å². The molecule has 14 heavy (non-hydrogen) atoms. The van der Waals surface area contributed by atoms with Crippen LogP contribution < -0.4 is 4.74 Å². The fraction of sp³-hybridized carbons (Fsp3) is 0.0833. The molecular formula is C12H11OS. The van der Waals surface area contributed by atoms with Crippen molar-refractivity contribution in [3.8, 4) is 5.75 Å². The summed E-state index contributed by atoms with van der Waals surface area (Å²) in [6.45, 7) is 0.629. The quantitative estimate of drug-likeness (QED) is 0.740. The van der Waals surface area contributed by atoms with Crippen molar-refractivity contribution in [2.75, 3.05) is 6.61 Å². The third kappa shape index (κ3) is 2.60. The van der Waals surface area contributed by atoms with Crippen LogP contribution in [-0.2, 0) is 0 Å². The van der Waals surface area contributed by atoms with Gasteiger partial charge in [0.25, 0.3) is 0 Å². The van der Waals surface area contributed by atoms with Crippen LogP contribution in [0.5, 0.6) is 5.75 Å². The highest BCUT2D eigenvalue weighted by atomic mass is 32.1. The van der Waals surface area contributed by atoms with Crippen molar-refractivity contribution in [1.29, 1.82) is 0 Å². The van der Waals surface area contributed by atoms with Gasteiger partial charge in [-0.25, -0.2) is 0 Å². The minimum Gasteiger partial charge on any atom is -0.493 e. The molecule has 0 saturated carbocycles. The van der Waals surface area contributed by atoms with E-state index in [2.05, 4.69) is 17.9 Å². The van der Waals surface area contributed by atoms with Gasteiger partial charge in [-0.3, -0.25) is 0 Å². The molecule has 0 aliphatic rings. The fourth-order valence-corrected chi connectivity index (χ4v) is 1.78. The summed E-state index contributed by atoms with van der Waals surface area (Å²) in [6, 6.07) is 14.0. The second kappa shape index (κ2) is 4.82. The van der Waals surface area contributed by atoms with Crippen LogP contribution in [0.25, 0.3) is 0 Å². The molecule has 71 valence electrons. The van der Waals surface area contributed by atoms with Gasteiger partial charge in [0.05, 0.1) is 6.61 Å². The Morgan fingerprint density at radius 2 is 1.93 bits per heavy atom. The summed E-state index contributed by atoms with van der Waals surface area (Å²) in [5.74, 6) is 0.917. The van der Waals surface area contributed by atoms with Gasteiger partial charge in [0.15, 0.2) is 0 Å². The summed E-state index contributed by atoms with van der Waals surface area (Å²) in [4.78, 5) is 1.25. The van der Waals surface area contributed by atoms with Gasteiger partial charge in [0.2, 0.25) is 0 Å². The largest absolute Gasteiger partial charge is 0.493 e. The van der Waals surface area contributed by atoms with Crippen molar-refractivity contribution in [2.24, 2.45) is 0 Å². The van der Waals surface area contributed by atoms with Crippen LogP contribution in [0.2, 0.25) is 0 Å². The van der Waals surface area contributed by atoms with Crippen LogP contribution >= 0.6 is 11.3 Å². The van der Waals surface area contributed by atoms with Crippen LogP contribution in [0, 0.1) is 6.42 Å². The zero-order chi connectivity index (χ0) is 9.64. The Labute approximate surface area is 88.0 Å². The predicted molar refractivity (Wildman–Crippen MR) is 59.7 cm³/mol. The topological polar surface area (TPSA) is 9.23 Å². The lowest BCUT2D eigenvalue weighted by Crippen LogP contribution is -1.97. The molecule has 0 atom stereocenters. The van der Waals surface area contributed by atoms with Crippen LogP contribution in [0.15, 0.2) is 47.8 Å². The Morgan fingerprint density at radius 3 is 2.64 bits per heavy atom. The van der Waals surface area contributed by atoms with E-state index in [-0.39, 0.29) is 0 Å². The van der Waals surface area contributed by atoms with E-state index in [9.17, 15) is 0 Å². The molecule has 0 aliphatic heterocycles. The van der Waals surface area contributed by atoms with Gasteiger partial charge in [-0.15, -0.1) is 11.3 Å². The average Bonchev–Trinajstić information content (AvgIpc) is 2.72. The standard InChI is InChI=1S/C12H11OS/c1-2-5-11(6-3-1)13-9-8-12-7-4-10-14-12/h1-8,10H,9H2. The molecule has 2 aromatic rings. The Hall–Kier alpha value is -1.28. The number of rotatable bonds is 4. The van der Waals surface area contributed by atoms with E-state index in [0.717, 1.165) is 5.75 Å². The first-order chi connectivity index (χ1) is 6.95. The molecule has 1 nitrogen and oxygen atoms in total. The number of benzene rings is 1. The second-order valence-electron chi connectivity index (χ2n) is 2.84. The smallest absolute Gasteiger partial charge is 0.119 e. The molecule has 1 heterocycles. The molecule has 0 saturated heterocycles. The number of ether oxygens (including phenoxy) is 1. The first kappa shape index (κ1) is 9.28. The van der Waals surface area contributed by atoms with Crippen molar-refractivity contribution in [1.82, 2.24) is 0 Å². The van der Waals surface area contributed by atoms with Gasteiger partial charge in [-0.1, -0.05) is 24.3 Å². The van der Waals surface area contributed by atoms with E-state index < -0.39 is 0 Å². The Balaban J connectivity index is 1.79. The molecule has 1 aromatic heterocycles. The molecule has 0 bridgehead atoms. The highest BCUT2D eigenvalue weighted by Crippen LogP contribution is 2.13. The third-order valence-corrected chi connectivity index (χ3v) is 2.69. The number of para-hydroxylation sites is 1.